The lowest BCUT2D eigenvalue weighted by Crippen LogP contribution is -2.35. The van der Waals surface area contributed by atoms with Gasteiger partial charge >= 0.3 is 0 Å². The smallest absolute Gasteiger partial charge is 0.157 e. The van der Waals surface area contributed by atoms with E-state index in [4.69, 9.17) is 9.97 Å². The predicted molar refractivity (Wildman–Crippen MR) is 191 cm³/mol. The van der Waals surface area contributed by atoms with Crippen LogP contribution in [0.25, 0.3) is 55.7 Å². The molecule has 0 aliphatic carbocycles. The average molecular weight is 619 g/mol. The summed E-state index contributed by atoms with van der Waals surface area (Å²) >= 11 is 0. The molecule has 226 valence electrons. The van der Waals surface area contributed by atoms with Gasteiger partial charge in [0.05, 0.1) is 56.6 Å². The first-order valence-electron chi connectivity index (χ1n) is 15.8. The van der Waals surface area contributed by atoms with Crippen LogP contribution in [-0.2, 0) is 0 Å². The zero-order chi connectivity index (χ0) is 31.6. The maximum Gasteiger partial charge on any atom is 0.157 e. The second-order valence-electron chi connectivity index (χ2n) is 11.9. The van der Waals surface area contributed by atoms with E-state index in [2.05, 4.69) is 91.3 Å². The second kappa shape index (κ2) is 10.4. The zero-order valence-corrected chi connectivity index (χ0v) is 25.5. The van der Waals surface area contributed by atoms with Crippen molar-refractivity contribution in [2.24, 2.45) is 0 Å². The molecule has 48 heavy (non-hydrogen) atoms. The van der Waals surface area contributed by atoms with Crippen LogP contribution < -0.4 is 20.4 Å². The molecule has 0 saturated heterocycles. The van der Waals surface area contributed by atoms with E-state index in [1.807, 2.05) is 85.2 Å². The number of fused-ring (bicyclic) bond motifs is 7. The second-order valence-corrected chi connectivity index (χ2v) is 11.9. The fourth-order valence-electron chi connectivity index (χ4n) is 6.60. The summed E-state index contributed by atoms with van der Waals surface area (Å²) in [6, 6.07) is 41.2. The molecule has 4 aromatic heterocycles. The molecule has 0 unspecified atom stereocenters. The van der Waals surface area contributed by atoms with Gasteiger partial charge in [-0.3, -0.25) is 19.8 Å². The van der Waals surface area contributed by atoms with Crippen molar-refractivity contribution in [3.63, 3.8) is 0 Å². The van der Waals surface area contributed by atoms with Crippen LogP contribution in [0.3, 0.4) is 0 Å². The Bertz CT molecular complexity index is 2370. The van der Waals surface area contributed by atoms with Gasteiger partial charge in [-0.15, -0.1) is 0 Å². The van der Waals surface area contributed by atoms with Gasteiger partial charge in [0.15, 0.2) is 11.6 Å². The summed E-state index contributed by atoms with van der Waals surface area (Å²) in [4.78, 5) is 23.8. The molecule has 8 heteroatoms. The molecule has 3 aliphatic heterocycles. The summed E-state index contributed by atoms with van der Waals surface area (Å²) in [6.45, 7) is 0. The molecule has 2 N–H and O–H groups in total. The summed E-state index contributed by atoms with van der Waals surface area (Å²) in [5.41, 5.74) is 11.3. The number of benzene rings is 3. The number of aromatic nitrogens is 4. The Hall–Kier alpha value is -6.80. The molecular weight excluding hydrogens is 592 g/mol. The highest BCUT2D eigenvalue weighted by Gasteiger charge is 2.37. The average Bonchev–Trinajstić information content (AvgIpc) is 3.81. The van der Waals surface area contributed by atoms with Crippen LogP contribution >= 0.6 is 0 Å². The van der Waals surface area contributed by atoms with Crippen LogP contribution in [0.2, 0.25) is 0 Å². The molecule has 0 spiro atoms. The Labute approximate surface area is 276 Å². The standard InChI is InChI=1S/C40H26N8/c1-3-11-29-25(9-1)19-27(21-41-29)31-13-7-15-33(43-31)35-23-47-37-17-5-6-18-38(37)48-24-36(46-40(48)39(47)45-35)34-16-8-14-32(44-34)28-20-26-10-2-4-12-30(26)42-22-28/h1-24,45-46H. The number of anilines is 2. The van der Waals surface area contributed by atoms with Gasteiger partial charge < -0.3 is 10.6 Å². The highest BCUT2D eigenvalue weighted by molar-refractivity contribution is 5.91. The monoisotopic (exact) mass is 618 g/mol. The Morgan fingerprint density at radius 3 is 1.38 bits per heavy atom. The molecule has 0 amide bonds. The number of nitrogens with zero attached hydrogens (tertiary/aromatic N) is 6. The quantitative estimate of drug-likeness (QED) is 0.206. The molecule has 8 nitrogen and oxygen atoms in total. The van der Waals surface area contributed by atoms with Gasteiger partial charge in [0.1, 0.15) is 0 Å². The third kappa shape index (κ3) is 4.24. The van der Waals surface area contributed by atoms with Crippen LogP contribution in [0.4, 0.5) is 11.4 Å². The van der Waals surface area contributed by atoms with Gasteiger partial charge in [-0.2, -0.15) is 0 Å². The van der Waals surface area contributed by atoms with Gasteiger partial charge in [0.2, 0.25) is 0 Å². The fourth-order valence-corrected chi connectivity index (χ4v) is 6.60. The number of nitrogens with one attached hydrogen (secondary N) is 2. The zero-order valence-electron chi connectivity index (χ0n) is 25.5. The Balaban J connectivity index is 1.00. The van der Waals surface area contributed by atoms with Gasteiger partial charge in [0.25, 0.3) is 0 Å². The van der Waals surface area contributed by atoms with Crippen molar-refractivity contribution in [3.05, 3.63) is 169 Å². The third-order valence-corrected chi connectivity index (χ3v) is 8.95. The lowest BCUT2D eigenvalue weighted by Gasteiger charge is -2.33. The normalized spacial score (nSPS) is 14.7. The molecule has 7 aromatic rings. The summed E-state index contributed by atoms with van der Waals surface area (Å²) in [7, 11) is 0. The summed E-state index contributed by atoms with van der Waals surface area (Å²) < 4.78 is 0. The Morgan fingerprint density at radius 1 is 0.438 bits per heavy atom. The summed E-state index contributed by atoms with van der Waals surface area (Å²) in [6.07, 6.45) is 8.02. The molecule has 3 aliphatic rings. The van der Waals surface area contributed by atoms with Gasteiger partial charge in [-0.25, -0.2) is 9.97 Å². The SMILES string of the molecule is C1=C(c2cccc(-c3cnc4ccccc4c3)n2)NC2=C3NC(c4cccc(-c5cnc6ccccc6c5)n4)=CN3c3ccccc3N12. The number of hydrogen-bond donors (Lipinski definition) is 2. The number of rotatable bonds is 4. The van der Waals surface area contributed by atoms with Crippen molar-refractivity contribution in [3.8, 4) is 22.5 Å². The van der Waals surface area contributed by atoms with Crippen LogP contribution in [0, 0.1) is 0 Å². The van der Waals surface area contributed by atoms with E-state index in [0.29, 0.717) is 0 Å². The van der Waals surface area contributed by atoms with E-state index >= 15 is 0 Å². The summed E-state index contributed by atoms with van der Waals surface area (Å²) in [5, 5.41) is 9.53. The minimum Gasteiger partial charge on any atom is -0.335 e. The van der Waals surface area contributed by atoms with Crippen molar-refractivity contribution < 1.29 is 0 Å². The first-order chi connectivity index (χ1) is 23.7. The van der Waals surface area contributed by atoms with Crippen molar-refractivity contribution in [2.75, 3.05) is 9.80 Å². The van der Waals surface area contributed by atoms with Crippen molar-refractivity contribution in [1.82, 2.24) is 30.6 Å². The molecule has 0 radical (unpaired) electrons. The predicted octanol–water partition coefficient (Wildman–Crippen LogP) is 7.86. The molecular formula is C40H26N8. The first-order valence-corrected chi connectivity index (χ1v) is 15.8. The molecule has 7 heterocycles. The van der Waals surface area contributed by atoms with Gasteiger partial charge in [-0.05, 0) is 60.7 Å². The van der Waals surface area contributed by atoms with E-state index in [1.165, 1.54) is 0 Å². The first kappa shape index (κ1) is 26.4. The van der Waals surface area contributed by atoms with Crippen molar-refractivity contribution in [1.29, 1.82) is 0 Å². The maximum absolute atomic E-state index is 5.07. The lowest BCUT2D eigenvalue weighted by molar-refractivity contribution is 0.902. The van der Waals surface area contributed by atoms with Crippen LogP contribution in [-0.4, -0.2) is 19.9 Å². The largest absolute Gasteiger partial charge is 0.335 e. The molecule has 0 fully saturated rings. The summed E-state index contributed by atoms with van der Waals surface area (Å²) in [5.74, 6) is 1.84. The lowest BCUT2D eigenvalue weighted by atomic mass is 10.1. The minimum absolute atomic E-state index is 0.844. The Kier molecular flexibility index (Phi) is 5.71. The Morgan fingerprint density at radius 2 is 0.875 bits per heavy atom. The van der Waals surface area contributed by atoms with Crippen LogP contribution in [0.1, 0.15) is 11.4 Å². The topological polar surface area (TPSA) is 82.1 Å². The molecule has 0 saturated carbocycles. The molecule has 10 rings (SSSR count). The van der Waals surface area contributed by atoms with E-state index in [9.17, 15) is 0 Å². The molecule has 0 bridgehead atoms. The number of hydrogen-bond acceptors (Lipinski definition) is 8. The van der Waals surface area contributed by atoms with E-state index < -0.39 is 0 Å². The van der Waals surface area contributed by atoms with Crippen LogP contribution in [0.5, 0.6) is 0 Å². The van der Waals surface area contributed by atoms with Crippen LogP contribution in [0.15, 0.2) is 158 Å². The van der Waals surface area contributed by atoms with Crippen molar-refractivity contribution >= 4 is 44.6 Å². The van der Waals surface area contributed by atoms with E-state index in [-0.39, 0.29) is 0 Å². The highest BCUT2D eigenvalue weighted by atomic mass is 15.4. The molecule has 0 atom stereocenters. The van der Waals surface area contributed by atoms with Gasteiger partial charge in [0, 0.05) is 46.7 Å². The maximum atomic E-state index is 5.07. The highest BCUT2D eigenvalue weighted by Crippen LogP contribution is 2.45. The third-order valence-electron chi connectivity index (χ3n) is 8.95. The van der Waals surface area contributed by atoms with E-state index in [0.717, 1.165) is 90.1 Å². The van der Waals surface area contributed by atoms with Crippen molar-refractivity contribution in [2.45, 2.75) is 0 Å². The minimum atomic E-state index is 0.844. The fraction of sp³-hybridized carbons (Fsp3) is 0. The number of para-hydroxylation sites is 4. The molecule has 3 aromatic carbocycles. The number of pyridine rings is 4. The van der Waals surface area contributed by atoms with E-state index in [1.54, 1.807) is 0 Å². The van der Waals surface area contributed by atoms with Gasteiger partial charge in [-0.1, -0.05) is 60.7 Å².